The Kier molecular flexibility index (Phi) is 5.24. The van der Waals surface area contributed by atoms with E-state index in [4.69, 9.17) is 11.6 Å². The van der Waals surface area contributed by atoms with Gasteiger partial charge in [-0.05, 0) is 31.3 Å². The molecule has 1 aromatic heterocycles. The molecule has 0 unspecified atom stereocenters. The molecule has 0 fully saturated rings. The van der Waals surface area contributed by atoms with Crippen molar-refractivity contribution in [2.24, 2.45) is 0 Å². The fourth-order valence-corrected chi connectivity index (χ4v) is 4.04. The fourth-order valence-electron chi connectivity index (χ4n) is 2.26. The maximum Gasteiger partial charge on any atom is 0.276 e. The fraction of sp³-hybridized carbons (Fsp3) is 0.0625. The molecule has 0 atom stereocenters. The number of sulfonamides is 2. The van der Waals surface area contributed by atoms with Crippen molar-refractivity contribution in [2.45, 2.75) is 9.92 Å². The van der Waals surface area contributed by atoms with E-state index < -0.39 is 20.0 Å². The van der Waals surface area contributed by atoms with Gasteiger partial charge in [-0.2, -0.15) is 18.0 Å². The second kappa shape index (κ2) is 7.31. The van der Waals surface area contributed by atoms with Gasteiger partial charge in [0.2, 0.25) is 0 Å². The first-order chi connectivity index (χ1) is 12.7. The minimum atomic E-state index is -3.98. The Labute approximate surface area is 161 Å². The van der Waals surface area contributed by atoms with Crippen LogP contribution in [0.25, 0.3) is 11.3 Å². The van der Waals surface area contributed by atoms with E-state index >= 15 is 0 Å². The summed E-state index contributed by atoms with van der Waals surface area (Å²) in [5, 5.41) is 4.06. The van der Waals surface area contributed by atoms with Gasteiger partial charge in [-0.15, -0.1) is 5.10 Å². The number of hydrogen-bond acceptors (Lipinski definition) is 5. The van der Waals surface area contributed by atoms with E-state index in [9.17, 15) is 16.8 Å². The van der Waals surface area contributed by atoms with E-state index in [1.165, 1.54) is 25.2 Å². The summed E-state index contributed by atoms with van der Waals surface area (Å²) in [6, 6.07) is 15.4. The summed E-state index contributed by atoms with van der Waals surface area (Å²) < 4.78 is 51.6. The van der Waals surface area contributed by atoms with Crippen molar-refractivity contribution >= 4 is 31.6 Å². The lowest BCUT2D eigenvalue weighted by Crippen LogP contribution is -2.26. The van der Waals surface area contributed by atoms with E-state index in [2.05, 4.69) is 14.7 Å². The van der Waals surface area contributed by atoms with Crippen molar-refractivity contribution in [3.8, 4) is 11.3 Å². The van der Waals surface area contributed by atoms with Crippen LogP contribution >= 0.6 is 11.6 Å². The Morgan fingerprint density at radius 3 is 2.15 bits per heavy atom. The summed E-state index contributed by atoms with van der Waals surface area (Å²) in [7, 11) is -6.62. The Morgan fingerprint density at radius 2 is 1.56 bits per heavy atom. The third-order valence-electron chi connectivity index (χ3n) is 3.63. The van der Waals surface area contributed by atoms with Gasteiger partial charge < -0.3 is 0 Å². The number of halogens is 1. The summed E-state index contributed by atoms with van der Waals surface area (Å²) in [6.45, 7) is 0. The zero-order valence-electron chi connectivity index (χ0n) is 14.0. The van der Waals surface area contributed by atoms with Gasteiger partial charge in [-0.25, -0.2) is 13.1 Å². The molecule has 0 aliphatic rings. The van der Waals surface area contributed by atoms with Crippen LogP contribution in [0.15, 0.2) is 70.6 Å². The highest BCUT2D eigenvalue weighted by atomic mass is 35.5. The normalized spacial score (nSPS) is 12.1. The zero-order chi connectivity index (χ0) is 19.7. The highest BCUT2D eigenvalue weighted by Gasteiger charge is 2.23. The number of rotatable bonds is 6. The molecule has 0 saturated heterocycles. The number of benzene rings is 2. The SMILES string of the molecule is CNS(=O)(=O)c1cc(-c2ccc(Cl)cc2)n(NS(=O)(=O)c2ccccc2)n1. The standard InChI is InChI=1S/C16H15ClN4O4S2/c1-18-27(24,25)16-11-15(12-7-9-13(17)10-8-12)21(19-16)20-26(22,23)14-5-3-2-4-6-14/h2-11,18,20H,1H3. The van der Waals surface area contributed by atoms with Crippen molar-refractivity contribution < 1.29 is 16.8 Å². The Morgan fingerprint density at radius 1 is 0.926 bits per heavy atom. The van der Waals surface area contributed by atoms with E-state index in [-0.39, 0.29) is 15.6 Å². The average Bonchev–Trinajstić information content (AvgIpc) is 3.07. The van der Waals surface area contributed by atoms with Crippen LogP contribution in [0.2, 0.25) is 5.02 Å². The third kappa shape index (κ3) is 4.14. The van der Waals surface area contributed by atoms with Gasteiger partial charge in [0.05, 0.1) is 10.6 Å². The Bertz CT molecular complexity index is 1160. The van der Waals surface area contributed by atoms with E-state index in [0.717, 1.165) is 4.79 Å². The first-order valence-electron chi connectivity index (χ1n) is 7.60. The van der Waals surface area contributed by atoms with Gasteiger partial charge >= 0.3 is 0 Å². The molecule has 0 radical (unpaired) electrons. The summed E-state index contributed by atoms with van der Waals surface area (Å²) in [5.74, 6) is 0. The van der Waals surface area contributed by atoms with Gasteiger partial charge in [0.25, 0.3) is 20.0 Å². The van der Waals surface area contributed by atoms with Gasteiger partial charge in [0.1, 0.15) is 0 Å². The quantitative estimate of drug-likeness (QED) is 0.626. The van der Waals surface area contributed by atoms with Crippen LogP contribution in [0.3, 0.4) is 0 Å². The average molecular weight is 427 g/mol. The molecule has 0 aliphatic heterocycles. The lowest BCUT2D eigenvalue weighted by Gasteiger charge is -2.11. The van der Waals surface area contributed by atoms with E-state index in [1.807, 2.05) is 0 Å². The molecular weight excluding hydrogens is 412 g/mol. The molecule has 3 rings (SSSR count). The van der Waals surface area contributed by atoms with Crippen LogP contribution in [0.4, 0.5) is 0 Å². The van der Waals surface area contributed by atoms with E-state index in [1.54, 1.807) is 42.5 Å². The molecule has 0 spiro atoms. The van der Waals surface area contributed by atoms with Gasteiger partial charge in [0.15, 0.2) is 5.03 Å². The van der Waals surface area contributed by atoms with Crippen LogP contribution in [0, 0.1) is 0 Å². The number of nitrogens with one attached hydrogen (secondary N) is 2. The number of aromatic nitrogens is 2. The van der Waals surface area contributed by atoms with Crippen LogP contribution in [0.5, 0.6) is 0 Å². The Hall–Kier alpha value is -2.40. The molecule has 142 valence electrons. The van der Waals surface area contributed by atoms with Crippen molar-refractivity contribution in [1.82, 2.24) is 14.6 Å². The molecule has 3 aromatic rings. The number of hydrogen-bond donors (Lipinski definition) is 2. The molecule has 27 heavy (non-hydrogen) atoms. The van der Waals surface area contributed by atoms with Crippen molar-refractivity contribution in [2.75, 3.05) is 11.9 Å². The smallest absolute Gasteiger partial charge is 0.213 e. The summed E-state index contributed by atoms with van der Waals surface area (Å²) in [6.07, 6.45) is 0. The molecule has 0 amide bonds. The molecular formula is C16H15ClN4O4S2. The van der Waals surface area contributed by atoms with Gasteiger partial charge in [0, 0.05) is 16.7 Å². The van der Waals surface area contributed by atoms with Crippen LogP contribution in [0.1, 0.15) is 0 Å². The second-order valence-electron chi connectivity index (χ2n) is 5.40. The summed E-state index contributed by atoms with van der Waals surface area (Å²) in [5.41, 5.74) is 0.764. The largest absolute Gasteiger partial charge is 0.276 e. The minimum Gasteiger partial charge on any atom is -0.213 e. The molecule has 8 nitrogen and oxygen atoms in total. The van der Waals surface area contributed by atoms with Crippen molar-refractivity contribution in [1.29, 1.82) is 0 Å². The molecule has 0 bridgehead atoms. The summed E-state index contributed by atoms with van der Waals surface area (Å²) >= 11 is 5.89. The van der Waals surface area contributed by atoms with E-state index in [0.29, 0.717) is 10.6 Å². The third-order valence-corrected chi connectivity index (χ3v) is 6.48. The molecule has 11 heteroatoms. The number of nitrogens with zero attached hydrogens (tertiary/aromatic N) is 2. The molecule has 0 aliphatic carbocycles. The molecule has 2 aromatic carbocycles. The van der Waals surface area contributed by atoms with Crippen LogP contribution in [-0.4, -0.2) is 33.8 Å². The first kappa shape index (κ1) is 19.4. The molecule has 1 heterocycles. The monoisotopic (exact) mass is 426 g/mol. The summed E-state index contributed by atoms with van der Waals surface area (Å²) in [4.78, 5) is 3.21. The predicted octanol–water partition coefficient (Wildman–Crippen LogP) is 2.04. The lowest BCUT2D eigenvalue weighted by molar-refractivity contribution is 0.577. The lowest BCUT2D eigenvalue weighted by atomic mass is 10.2. The van der Waals surface area contributed by atoms with Gasteiger partial charge in [-0.1, -0.05) is 41.9 Å². The second-order valence-corrected chi connectivity index (χ2v) is 9.33. The Balaban J connectivity index is 2.12. The van der Waals surface area contributed by atoms with Crippen molar-refractivity contribution in [3.05, 3.63) is 65.7 Å². The highest BCUT2D eigenvalue weighted by molar-refractivity contribution is 7.92. The topological polar surface area (TPSA) is 110 Å². The maximum atomic E-state index is 12.6. The van der Waals surface area contributed by atoms with Crippen LogP contribution < -0.4 is 9.55 Å². The predicted molar refractivity (Wildman–Crippen MR) is 102 cm³/mol. The first-order valence-corrected chi connectivity index (χ1v) is 10.9. The molecule has 0 saturated carbocycles. The maximum absolute atomic E-state index is 12.6. The van der Waals surface area contributed by atoms with Gasteiger partial charge in [-0.3, -0.25) is 0 Å². The van der Waals surface area contributed by atoms with Crippen LogP contribution in [-0.2, 0) is 20.0 Å². The molecule has 2 N–H and O–H groups in total. The van der Waals surface area contributed by atoms with Crippen molar-refractivity contribution in [3.63, 3.8) is 0 Å². The highest BCUT2D eigenvalue weighted by Crippen LogP contribution is 2.24. The zero-order valence-corrected chi connectivity index (χ0v) is 16.4. The minimum absolute atomic E-state index is 0.0144.